The molecule has 1 heterocycles. The first-order chi connectivity index (χ1) is 6.86. The van der Waals surface area contributed by atoms with Crippen LogP contribution in [0.2, 0.25) is 0 Å². The number of hydrogen-bond donors (Lipinski definition) is 0. The summed E-state index contributed by atoms with van der Waals surface area (Å²) in [4.78, 5) is 17.5. The van der Waals surface area contributed by atoms with E-state index in [2.05, 4.69) is 9.98 Å². The first-order valence-corrected chi connectivity index (χ1v) is 4.35. The Morgan fingerprint density at radius 1 is 1.71 bits per heavy atom. The molecule has 1 fully saturated rings. The van der Waals surface area contributed by atoms with Gasteiger partial charge in [0.15, 0.2) is 6.04 Å². The van der Waals surface area contributed by atoms with E-state index in [1.165, 1.54) is 6.08 Å². The average Bonchev–Trinajstić information content (AvgIpc) is 2.94. The number of rotatable bonds is 3. The molecule has 2 rings (SSSR count). The van der Waals surface area contributed by atoms with Gasteiger partial charge in [-0.3, -0.25) is 0 Å². The van der Waals surface area contributed by atoms with Crippen molar-refractivity contribution in [3.63, 3.8) is 0 Å². The molecule has 0 aromatic carbocycles. The van der Waals surface area contributed by atoms with Crippen molar-refractivity contribution in [2.45, 2.75) is 24.9 Å². The summed E-state index contributed by atoms with van der Waals surface area (Å²) < 4.78 is 1.91. The molecule has 0 radical (unpaired) electrons. The Morgan fingerprint density at radius 2 is 2.50 bits per heavy atom. The largest absolute Gasteiger partial charge is 0.329 e. The van der Waals surface area contributed by atoms with E-state index in [1.54, 1.807) is 12.5 Å². The van der Waals surface area contributed by atoms with Crippen LogP contribution >= 0.6 is 0 Å². The predicted molar refractivity (Wildman–Crippen MR) is 47.0 cm³/mol. The molecule has 70 valence electrons. The van der Waals surface area contributed by atoms with Crippen molar-refractivity contribution in [2.75, 3.05) is 0 Å². The Morgan fingerprint density at radius 3 is 3.07 bits per heavy atom. The topological polar surface area (TPSA) is 71.0 Å². The number of hydrogen-bond acceptors (Lipinski definition) is 4. The predicted octanol–water partition coefficient (Wildman–Crippen LogP) is 1.12. The number of imidazole rings is 1. The summed E-state index contributed by atoms with van der Waals surface area (Å²) in [5.74, 6) is 0. The highest BCUT2D eigenvalue weighted by atomic mass is 16.1. The Kier molecular flexibility index (Phi) is 2.13. The molecule has 0 saturated heterocycles. The number of carbonyl (C=O) groups excluding carboxylic acids is 1. The van der Waals surface area contributed by atoms with Crippen LogP contribution in [0.15, 0.2) is 17.5 Å². The average molecular weight is 188 g/mol. The van der Waals surface area contributed by atoms with E-state index in [1.807, 2.05) is 10.6 Å². The maximum absolute atomic E-state index is 10.1. The van der Waals surface area contributed by atoms with Crippen molar-refractivity contribution in [3.05, 3.63) is 18.2 Å². The van der Waals surface area contributed by atoms with Crippen molar-refractivity contribution in [3.8, 4) is 6.07 Å². The molecule has 1 unspecified atom stereocenters. The zero-order valence-corrected chi connectivity index (χ0v) is 7.42. The third kappa shape index (κ3) is 1.43. The van der Waals surface area contributed by atoms with E-state index < -0.39 is 6.04 Å². The molecule has 0 bridgehead atoms. The number of nitriles is 1. The van der Waals surface area contributed by atoms with Gasteiger partial charge >= 0.3 is 0 Å². The lowest BCUT2D eigenvalue weighted by atomic mass is 10.2. The van der Waals surface area contributed by atoms with Gasteiger partial charge in [0.25, 0.3) is 0 Å². The first-order valence-electron chi connectivity index (χ1n) is 4.35. The van der Waals surface area contributed by atoms with E-state index >= 15 is 0 Å². The highest BCUT2D eigenvalue weighted by Gasteiger charge is 2.27. The minimum Gasteiger partial charge on any atom is -0.329 e. The second-order valence-corrected chi connectivity index (χ2v) is 3.21. The van der Waals surface area contributed by atoms with Crippen LogP contribution in [0.3, 0.4) is 0 Å². The maximum atomic E-state index is 10.1. The molecule has 14 heavy (non-hydrogen) atoms. The molecule has 1 aliphatic carbocycles. The van der Waals surface area contributed by atoms with Gasteiger partial charge in [-0.15, -0.1) is 0 Å². The third-order valence-electron chi connectivity index (χ3n) is 2.22. The van der Waals surface area contributed by atoms with E-state index in [0.717, 1.165) is 12.8 Å². The summed E-state index contributed by atoms with van der Waals surface area (Å²) in [5, 5.41) is 8.79. The lowest BCUT2D eigenvalue weighted by Gasteiger charge is -2.05. The van der Waals surface area contributed by atoms with Crippen LogP contribution in [0.5, 0.6) is 0 Å². The van der Waals surface area contributed by atoms with Crippen molar-refractivity contribution in [1.82, 2.24) is 9.55 Å². The van der Waals surface area contributed by atoms with Gasteiger partial charge in [0.1, 0.15) is 0 Å². The number of isocyanates is 1. The van der Waals surface area contributed by atoms with Gasteiger partial charge in [0, 0.05) is 6.04 Å². The summed E-state index contributed by atoms with van der Waals surface area (Å²) in [7, 11) is 0. The lowest BCUT2D eigenvalue weighted by molar-refractivity contribution is 0.559. The fourth-order valence-corrected chi connectivity index (χ4v) is 1.40. The van der Waals surface area contributed by atoms with Crippen LogP contribution in [0.4, 0.5) is 0 Å². The minimum atomic E-state index is -0.768. The van der Waals surface area contributed by atoms with Crippen LogP contribution in [-0.4, -0.2) is 15.6 Å². The standard InChI is InChI=1S/C9H8N4O/c10-3-8(12-6-14)9-4-11-5-13(9)7-1-2-7/h4-5,7-8H,1-2H2. The Labute approximate surface area is 80.7 Å². The molecule has 0 N–H and O–H groups in total. The van der Waals surface area contributed by atoms with Crippen LogP contribution in [0, 0.1) is 11.3 Å². The van der Waals surface area contributed by atoms with Crippen LogP contribution in [0.25, 0.3) is 0 Å². The monoisotopic (exact) mass is 188 g/mol. The van der Waals surface area contributed by atoms with E-state index in [0.29, 0.717) is 11.7 Å². The first kappa shape index (κ1) is 8.67. The fourth-order valence-electron chi connectivity index (χ4n) is 1.40. The highest BCUT2D eigenvalue weighted by Crippen LogP contribution is 2.37. The van der Waals surface area contributed by atoms with Gasteiger partial charge < -0.3 is 4.57 Å². The summed E-state index contributed by atoms with van der Waals surface area (Å²) in [6, 6.07) is 1.61. The van der Waals surface area contributed by atoms with Gasteiger partial charge in [-0.1, -0.05) is 0 Å². The zero-order valence-electron chi connectivity index (χ0n) is 7.42. The lowest BCUT2D eigenvalue weighted by Crippen LogP contribution is -2.02. The molecule has 0 aliphatic heterocycles. The highest BCUT2D eigenvalue weighted by molar-refractivity contribution is 5.36. The molecule has 0 amide bonds. The van der Waals surface area contributed by atoms with Crippen LogP contribution in [-0.2, 0) is 4.79 Å². The van der Waals surface area contributed by atoms with Crippen molar-refractivity contribution in [2.24, 2.45) is 4.99 Å². The Bertz CT molecular complexity index is 420. The Hall–Kier alpha value is -1.92. The zero-order chi connectivity index (χ0) is 9.97. The van der Waals surface area contributed by atoms with Crippen LogP contribution in [0.1, 0.15) is 30.6 Å². The van der Waals surface area contributed by atoms with E-state index in [4.69, 9.17) is 5.26 Å². The fraction of sp³-hybridized carbons (Fsp3) is 0.444. The number of aromatic nitrogens is 2. The quantitative estimate of drug-likeness (QED) is 0.527. The number of nitrogens with zero attached hydrogens (tertiary/aromatic N) is 4. The summed E-state index contributed by atoms with van der Waals surface area (Å²) >= 11 is 0. The van der Waals surface area contributed by atoms with Gasteiger partial charge in [-0.2, -0.15) is 10.3 Å². The SMILES string of the molecule is N#CC(N=C=O)c1cncn1C1CC1. The maximum Gasteiger partial charge on any atom is 0.236 e. The molecule has 1 aromatic heterocycles. The molecular formula is C9H8N4O. The van der Waals surface area contributed by atoms with Crippen molar-refractivity contribution >= 4 is 6.08 Å². The molecule has 5 nitrogen and oxygen atoms in total. The normalized spacial score (nSPS) is 16.8. The smallest absolute Gasteiger partial charge is 0.236 e. The van der Waals surface area contributed by atoms with Crippen molar-refractivity contribution in [1.29, 1.82) is 5.26 Å². The summed E-state index contributed by atoms with van der Waals surface area (Å²) in [5.41, 5.74) is 0.679. The molecule has 5 heteroatoms. The molecule has 1 aliphatic rings. The molecule has 0 spiro atoms. The van der Waals surface area contributed by atoms with Crippen molar-refractivity contribution < 1.29 is 4.79 Å². The summed E-state index contributed by atoms with van der Waals surface area (Å²) in [6.45, 7) is 0. The van der Waals surface area contributed by atoms with E-state index in [9.17, 15) is 4.79 Å². The second-order valence-electron chi connectivity index (χ2n) is 3.21. The molecule has 1 saturated carbocycles. The second kappa shape index (κ2) is 3.44. The van der Waals surface area contributed by atoms with Crippen LogP contribution < -0.4 is 0 Å². The van der Waals surface area contributed by atoms with Gasteiger partial charge in [0.05, 0.1) is 24.3 Å². The summed E-state index contributed by atoms with van der Waals surface area (Å²) in [6.07, 6.45) is 6.87. The van der Waals surface area contributed by atoms with Gasteiger partial charge in [-0.25, -0.2) is 9.78 Å². The minimum absolute atomic E-state index is 0.435. The third-order valence-corrected chi connectivity index (χ3v) is 2.22. The van der Waals surface area contributed by atoms with E-state index in [-0.39, 0.29) is 0 Å². The molecule has 1 aromatic rings. The van der Waals surface area contributed by atoms with Gasteiger partial charge in [-0.05, 0) is 12.8 Å². The molecular weight excluding hydrogens is 180 g/mol. The van der Waals surface area contributed by atoms with Gasteiger partial charge in [0.2, 0.25) is 6.08 Å². The Balaban J connectivity index is 2.34. The number of aliphatic imine (C=N–C) groups is 1. The molecule has 1 atom stereocenters.